The Bertz CT molecular complexity index is 1560. The molecular weight excluding hydrogens is 367 g/mol. The molecule has 2 aliphatic heterocycles. The average molecular weight is 386 g/mol. The molecule has 0 amide bonds. The van der Waals surface area contributed by atoms with E-state index in [1.807, 2.05) is 0 Å². The summed E-state index contributed by atoms with van der Waals surface area (Å²) < 4.78 is 4.62. The highest BCUT2D eigenvalue weighted by molar-refractivity contribution is 6.97. The van der Waals surface area contributed by atoms with Gasteiger partial charge < -0.3 is 0 Å². The summed E-state index contributed by atoms with van der Waals surface area (Å²) in [5.74, 6) is 0. The van der Waals surface area contributed by atoms with Gasteiger partial charge in [-0.25, -0.2) is 19.1 Å². The van der Waals surface area contributed by atoms with Crippen molar-refractivity contribution in [2.45, 2.75) is 6.42 Å². The molecule has 0 saturated carbocycles. The molecule has 5 heteroatoms. The van der Waals surface area contributed by atoms with E-state index in [1.165, 1.54) is 49.3 Å². The molecule has 0 radical (unpaired) electrons. The Morgan fingerprint density at radius 1 is 0.867 bits per heavy atom. The molecule has 5 aromatic rings. The third-order valence-electron chi connectivity index (χ3n) is 6.92. The number of benzene rings is 2. The van der Waals surface area contributed by atoms with E-state index in [-0.39, 0.29) is 6.71 Å². The van der Waals surface area contributed by atoms with Gasteiger partial charge in [-0.1, -0.05) is 36.4 Å². The molecule has 0 N–H and O–H groups in total. The third-order valence-corrected chi connectivity index (χ3v) is 6.92. The summed E-state index contributed by atoms with van der Waals surface area (Å²) in [7, 11) is 4.34. The molecule has 0 fully saturated rings. The average Bonchev–Trinajstić information content (AvgIpc) is 2.77. The minimum atomic E-state index is 0.123. The summed E-state index contributed by atoms with van der Waals surface area (Å²) >= 11 is 0. The second kappa shape index (κ2) is 5.51. The van der Waals surface area contributed by atoms with Gasteiger partial charge in [0.05, 0.1) is 5.69 Å². The molecule has 140 valence electrons. The lowest BCUT2D eigenvalue weighted by Crippen LogP contribution is -2.74. The number of fused-ring (bicyclic) bond motifs is 6. The predicted molar refractivity (Wildman–Crippen MR) is 119 cm³/mol. The van der Waals surface area contributed by atoms with Crippen molar-refractivity contribution in [2.75, 3.05) is 0 Å². The van der Waals surface area contributed by atoms with E-state index in [0.29, 0.717) is 0 Å². The van der Waals surface area contributed by atoms with Crippen molar-refractivity contribution in [1.29, 1.82) is 0 Å². The van der Waals surface area contributed by atoms with Crippen LogP contribution >= 0.6 is 0 Å². The first-order valence-corrected chi connectivity index (χ1v) is 10.4. The van der Waals surface area contributed by atoms with Crippen LogP contribution in [-0.4, -0.2) is 16.7 Å². The molecule has 2 aromatic carbocycles. The van der Waals surface area contributed by atoms with Crippen LogP contribution in [0.1, 0.15) is 11.3 Å². The van der Waals surface area contributed by atoms with Crippen LogP contribution in [0.3, 0.4) is 0 Å². The van der Waals surface area contributed by atoms with Gasteiger partial charge in [0.15, 0.2) is 23.6 Å². The molecule has 2 aliphatic rings. The number of rotatable bonds is 0. The second-order valence-electron chi connectivity index (χ2n) is 8.47. The Morgan fingerprint density at radius 2 is 1.73 bits per heavy atom. The van der Waals surface area contributed by atoms with E-state index in [4.69, 9.17) is 9.97 Å². The maximum absolute atomic E-state index is 4.80. The molecule has 0 saturated heterocycles. The molecule has 0 spiro atoms. The van der Waals surface area contributed by atoms with Crippen LogP contribution in [0, 0.1) is 0 Å². The lowest BCUT2D eigenvalue weighted by molar-refractivity contribution is -0.657. The number of hydrogen-bond donors (Lipinski definition) is 0. The van der Waals surface area contributed by atoms with Gasteiger partial charge in [-0.2, -0.15) is 0 Å². The molecule has 4 nitrogen and oxygen atoms in total. The molecule has 0 bridgehead atoms. The van der Waals surface area contributed by atoms with E-state index in [1.54, 1.807) is 6.33 Å². The first-order chi connectivity index (χ1) is 14.7. The van der Waals surface area contributed by atoms with Gasteiger partial charge in [-0.15, -0.1) is 0 Å². The van der Waals surface area contributed by atoms with Crippen LogP contribution in [0.25, 0.3) is 32.8 Å². The number of aryl methyl sites for hydroxylation is 2. The first-order valence-electron chi connectivity index (χ1n) is 10.4. The summed E-state index contributed by atoms with van der Waals surface area (Å²) in [6, 6.07) is 17.5. The predicted octanol–water partition coefficient (Wildman–Crippen LogP) is 0.833. The van der Waals surface area contributed by atoms with Crippen LogP contribution in [0.5, 0.6) is 0 Å². The van der Waals surface area contributed by atoms with Crippen molar-refractivity contribution < 1.29 is 9.13 Å². The van der Waals surface area contributed by atoms with E-state index < -0.39 is 0 Å². The first kappa shape index (κ1) is 16.2. The molecule has 5 heterocycles. The minimum Gasteiger partial charge on any atom is -0.242 e. The highest BCUT2D eigenvalue weighted by atomic mass is 15.0. The zero-order chi connectivity index (χ0) is 20.0. The van der Waals surface area contributed by atoms with Crippen molar-refractivity contribution in [1.82, 2.24) is 9.97 Å². The Hall–Kier alpha value is -3.60. The van der Waals surface area contributed by atoms with Gasteiger partial charge in [0.25, 0.3) is 0 Å². The number of pyridine rings is 2. The topological polar surface area (TPSA) is 33.5 Å². The maximum Gasteiger partial charge on any atom is 0.410 e. The quantitative estimate of drug-likeness (QED) is 0.286. The van der Waals surface area contributed by atoms with Gasteiger partial charge >= 0.3 is 6.71 Å². The van der Waals surface area contributed by atoms with E-state index in [0.717, 1.165) is 17.8 Å². The van der Waals surface area contributed by atoms with Crippen LogP contribution in [0.4, 0.5) is 0 Å². The van der Waals surface area contributed by atoms with E-state index in [9.17, 15) is 0 Å². The molecule has 3 aromatic heterocycles. The summed E-state index contributed by atoms with van der Waals surface area (Å²) in [5.41, 5.74) is 8.81. The van der Waals surface area contributed by atoms with E-state index >= 15 is 0 Å². The standard InChI is InChI=1S/C25H19BN4/c1-29-11-10-15-7-5-9-18-21(15)25(29)26-22-20(27-14-28-23(18)22)12-19-17-8-4-3-6-16(17)13-30(2)24(19)26/h3-11,13-14H,12H2,1-2H3/q+2. The Balaban J connectivity index is 1.72. The second-order valence-corrected chi connectivity index (χ2v) is 8.47. The Labute approximate surface area is 174 Å². The lowest BCUT2D eigenvalue weighted by Gasteiger charge is -2.28. The summed E-state index contributed by atoms with van der Waals surface area (Å²) in [6.45, 7) is 0.123. The highest BCUT2D eigenvalue weighted by Crippen LogP contribution is 2.31. The van der Waals surface area contributed by atoms with Gasteiger partial charge in [0.1, 0.15) is 20.4 Å². The van der Waals surface area contributed by atoms with E-state index in [2.05, 4.69) is 84.2 Å². The highest BCUT2D eigenvalue weighted by Gasteiger charge is 2.50. The SMILES string of the molecule is C[n+]1cc2ccccc2c2c1B1c3c(ncnc3-c3cccc4cc[n+](C)c1c34)C2. The van der Waals surface area contributed by atoms with Crippen molar-refractivity contribution in [3.8, 4) is 11.3 Å². The van der Waals surface area contributed by atoms with Gasteiger partial charge in [-0.05, 0) is 22.3 Å². The third kappa shape index (κ3) is 1.88. The Kier molecular flexibility index (Phi) is 2.98. The largest absolute Gasteiger partial charge is 0.410 e. The fourth-order valence-electron chi connectivity index (χ4n) is 5.73. The van der Waals surface area contributed by atoms with Crippen molar-refractivity contribution in [3.63, 3.8) is 0 Å². The van der Waals surface area contributed by atoms with Crippen LogP contribution in [0.2, 0.25) is 0 Å². The molecule has 0 unspecified atom stereocenters. The minimum absolute atomic E-state index is 0.123. The van der Waals surface area contributed by atoms with Gasteiger partial charge in [-0.3, -0.25) is 0 Å². The number of hydrogen-bond acceptors (Lipinski definition) is 2. The maximum atomic E-state index is 4.80. The molecule has 7 rings (SSSR count). The number of aromatic nitrogens is 4. The van der Waals surface area contributed by atoms with Gasteiger partial charge in [0, 0.05) is 40.1 Å². The summed E-state index contributed by atoms with van der Waals surface area (Å²) in [6.07, 6.45) is 7.04. The fourth-order valence-corrected chi connectivity index (χ4v) is 5.73. The smallest absolute Gasteiger partial charge is 0.242 e. The molecule has 0 atom stereocenters. The zero-order valence-electron chi connectivity index (χ0n) is 16.9. The Morgan fingerprint density at radius 3 is 2.67 bits per heavy atom. The zero-order valence-corrected chi connectivity index (χ0v) is 16.9. The van der Waals surface area contributed by atoms with Crippen LogP contribution < -0.4 is 25.8 Å². The van der Waals surface area contributed by atoms with Crippen molar-refractivity contribution >= 4 is 44.9 Å². The lowest BCUT2D eigenvalue weighted by atomic mass is 9.34. The van der Waals surface area contributed by atoms with Crippen molar-refractivity contribution in [3.05, 3.63) is 78.5 Å². The van der Waals surface area contributed by atoms with Gasteiger partial charge in [0.2, 0.25) is 0 Å². The van der Waals surface area contributed by atoms with Crippen molar-refractivity contribution in [2.24, 2.45) is 14.1 Å². The summed E-state index contributed by atoms with van der Waals surface area (Å²) in [5, 5.41) is 5.17. The van der Waals surface area contributed by atoms with Crippen LogP contribution in [-0.2, 0) is 20.5 Å². The number of nitrogens with zero attached hydrogens (tertiary/aromatic N) is 4. The molecule has 0 aliphatic carbocycles. The molecular formula is C25H19BN4+2. The molecule has 30 heavy (non-hydrogen) atoms. The van der Waals surface area contributed by atoms with Crippen LogP contribution in [0.15, 0.2) is 67.3 Å². The monoisotopic (exact) mass is 386 g/mol. The normalized spacial score (nSPS) is 13.5. The summed E-state index contributed by atoms with van der Waals surface area (Å²) in [4.78, 5) is 9.59. The fraction of sp³-hybridized carbons (Fsp3) is 0.120.